The highest BCUT2D eigenvalue weighted by molar-refractivity contribution is 7.80. The van der Waals surface area contributed by atoms with Crippen LogP contribution in [0.15, 0.2) is 0 Å². The van der Waals surface area contributed by atoms with Gasteiger partial charge in [0, 0.05) is 6.54 Å². The van der Waals surface area contributed by atoms with Gasteiger partial charge in [0.25, 0.3) is 0 Å². The van der Waals surface area contributed by atoms with Gasteiger partial charge < -0.3 is 4.90 Å². The molecule has 0 amide bonds. The molecule has 1 unspecified atom stereocenters. The van der Waals surface area contributed by atoms with E-state index in [1.807, 2.05) is 0 Å². The molecule has 2 heteroatoms. The smallest absolute Gasteiger partial charge is 0.000954 e. The topological polar surface area (TPSA) is 3.24 Å². The van der Waals surface area contributed by atoms with Gasteiger partial charge in [-0.3, -0.25) is 0 Å². The van der Waals surface area contributed by atoms with Gasteiger partial charge in [-0.2, -0.15) is 12.6 Å². The van der Waals surface area contributed by atoms with Gasteiger partial charge in [-0.25, -0.2) is 0 Å². The molecule has 0 bridgehead atoms. The van der Waals surface area contributed by atoms with E-state index in [0.717, 1.165) is 17.6 Å². The highest BCUT2D eigenvalue weighted by Crippen LogP contribution is 2.27. The summed E-state index contributed by atoms with van der Waals surface area (Å²) < 4.78 is 0. The zero-order valence-corrected chi connectivity index (χ0v) is 11.3. The molecule has 1 atom stereocenters. The molecular formula is C13H27NS. The van der Waals surface area contributed by atoms with E-state index >= 15 is 0 Å². The van der Waals surface area contributed by atoms with Crippen LogP contribution >= 0.6 is 12.6 Å². The Morgan fingerprint density at radius 2 is 2.07 bits per heavy atom. The average Bonchev–Trinajstić information content (AvgIpc) is 2.16. The largest absolute Gasteiger partial charge is 0.303 e. The molecule has 0 heterocycles. The van der Waals surface area contributed by atoms with Crippen LogP contribution in [-0.4, -0.2) is 30.3 Å². The molecule has 0 aromatic carbocycles. The summed E-state index contributed by atoms with van der Waals surface area (Å²) in [5, 5.41) is 0. The van der Waals surface area contributed by atoms with Crippen LogP contribution in [0.2, 0.25) is 0 Å². The summed E-state index contributed by atoms with van der Waals surface area (Å²) >= 11 is 4.29. The first-order valence-electron chi connectivity index (χ1n) is 6.59. The maximum atomic E-state index is 4.29. The van der Waals surface area contributed by atoms with Crippen LogP contribution in [0.5, 0.6) is 0 Å². The fraction of sp³-hybridized carbons (Fsp3) is 1.00. The Bertz CT molecular complexity index is 157. The van der Waals surface area contributed by atoms with Crippen LogP contribution in [0.1, 0.15) is 46.0 Å². The van der Waals surface area contributed by atoms with Crippen LogP contribution in [-0.2, 0) is 0 Å². The third-order valence-electron chi connectivity index (χ3n) is 3.75. The Morgan fingerprint density at radius 1 is 1.33 bits per heavy atom. The zero-order chi connectivity index (χ0) is 11.1. The van der Waals surface area contributed by atoms with Gasteiger partial charge in [0.05, 0.1) is 0 Å². The molecule has 1 rings (SSSR count). The SMILES string of the molecule is CCN(CCC(C)CCS)CC1CCC1. The molecule has 1 aliphatic carbocycles. The van der Waals surface area contributed by atoms with Crippen molar-refractivity contribution < 1.29 is 0 Å². The Labute approximate surface area is 101 Å². The lowest BCUT2D eigenvalue weighted by Gasteiger charge is -2.32. The molecular weight excluding hydrogens is 202 g/mol. The number of nitrogens with zero attached hydrogens (tertiary/aromatic N) is 1. The van der Waals surface area contributed by atoms with Crippen LogP contribution in [0.4, 0.5) is 0 Å². The van der Waals surface area contributed by atoms with E-state index in [2.05, 4.69) is 31.4 Å². The summed E-state index contributed by atoms with van der Waals surface area (Å²) in [6.45, 7) is 8.52. The van der Waals surface area contributed by atoms with Gasteiger partial charge in [0.15, 0.2) is 0 Å². The lowest BCUT2D eigenvalue weighted by atomic mass is 9.85. The second-order valence-electron chi connectivity index (χ2n) is 5.10. The average molecular weight is 229 g/mol. The van der Waals surface area contributed by atoms with Crippen molar-refractivity contribution in [2.75, 3.05) is 25.4 Å². The molecule has 1 nitrogen and oxygen atoms in total. The van der Waals surface area contributed by atoms with Crippen molar-refractivity contribution in [1.82, 2.24) is 4.90 Å². The zero-order valence-electron chi connectivity index (χ0n) is 10.4. The normalized spacial score (nSPS) is 19.2. The van der Waals surface area contributed by atoms with Gasteiger partial charge in [0.2, 0.25) is 0 Å². The van der Waals surface area contributed by atoms with Crippen molar-refractivity contribution in [1.29, 1.82) is 0 Å². The molecule has 90 valence electrons. The first kappa shape index (κ1) is 13.4. The van der Waals surface area contributed by atoms with Gasteiger partial charge in [-0.1, -0.05) is 20.3 Å². The number of thiol groups is 1. The molecule has 0 saturated heterocycles. The van der Waals surface area contributed by atoms with Crippen LogP contribution in [0.25, 0.3) is 0 Å². The number of hydrogen-bond donors (Lipinski definition) is 1. The van der Waals surface area contributed by atoms with Crippen molar-refractivity contribution in [2.24, 2.45) is 11.8 Å². The minimum Gasteiger partial charge on any atom is -0.303 e. The second-order valence-corrected chi connectivity index (χ2v) is 5.54. The van der Waals surface area contributed by atoms with Gasteiger partial charge in [-0.15, -0.1) is 0 Å². The fourth-order valence-electron chi connectivity index (χ4n) is 2.19. The summed E-state index contributed by atoms with van der Waals surface area (Å²) in [7, 11) is 0. The second kappa shape index (κ2) is 7.56. The summed E-state index contributed by atoms with van der Waals surface area (Å²) in [6.07, 6.45) is 7.04. The lowest BCUT2D eigenvalue weighted by Crippen LogP contribution is -2.33. The first-order chi connectivity index (χ1) is 7.26. The molecule has 15 heavy (non-hydrogen) atoms. The van der Waals surface area contributed by atoms with Gasteiger partial charge in [-0.05, 0) is 56.4 Å². The number of rotatable bonds is 8. The van der Waals surface area contributed by atoms with E-state index in [9.17, 15) is 0 Å². The number of hydrogen-bond acceptors (Lipinski definition) is 2. The van der Waals surface area contributed by atoms with E-state index in [1.54, 1.807) is 0 Å². The van der Waals surface area contributed by atoms with E-state index in [1.165, 1.54) is 51.7 Å². The maximum absolute atomic E-state index is 4.29. The first-order valence-corrected chi connectivity index (χ1v) is 7.22. The third-order valence-corrected chi connectivity index (χ3v) is 4.01. The highest BCUT2D eigenvalue weighted by Gasteiger charge is 2.19. The molecule has 0 radical (unpaired) electrons. The molecule has 0 aromatic rings. The molecule has 0 spiro atoms. The molecule has 0 aromatic heterocycles. The Hall–Kier alpha value is 0.310. The van der Waals surface area contributed by atoms with E-state index in [0.29, 0.717) is 0 Å². The molecule has 0 N–H and O–H groups in total. The Morgan fingerprint density at radius 3 is 2.53 bits per heavy atom. The van der Waals surface area contributed by atoms with Crippen molar-refractivity contribution in [3.8, 4) is 0 Å². The maximum Gasteiger partial charge on any atom is 0.000954 e. The summed E-state index contributed by atoms with van der Waals surface area (Å²) in [6, 6.07) is 0. The lowest BCUT2D eigenvalue weighted by molar-refractivity contribution is 0.176. The standard InChI is InChI=1S/C13H27NS/c1-3-14(11-13-5-4-6-13)9-7-12(2)8-10-15/h12-13,15H,3-11H2,1-2H3. The van der Waals surface area contributed by atoms with Crippen molar-refractivity contribution >= 4 is 12.6 Å². The van der Waals surface area contributed by atoms with Crippen LogP contribution in [0.3, 0.4) is 0 Å². The Kier molecular flexibility index (Phi) is 6.74. The fourth-order valence-corrected chi connectivity index (χ4v) is 2.63. The van der Waals surface area contributed by atoms with E-state index in [4.69, 9.17) is 0 Å². The van der Waals surface area contributed by atoms with Crippen molar-refractivity contribution in [3.05, 3.63) is 0 Å². The van der Waals surface area contributed by atoms with E-state index < -0.39 is 0 Å². The summed E-state index contributed by atoms with van der Waals surface area (Å²) in [5.41, 5.74) is 0. The van der Waals surface area contributed by atoms with Gasteiger partial charge in [0.1, 0.15) is 0 Å². The quantitative estimate of drug-likeness (QED) is 0.624. The van der Waals surface area contributed by atoms with Crippen LogP contribution < -0.4 is 0 Å². The monoisotopic (exact) mass is 229 g/mol. The molecule has 1 saturated carbocycles. The predicted octanol–water partition coefficient (Wildman–Crippen LogP) is 3.45. The molecule has 1 aliphatic rings. The minimum atomic E-state index is 0.845. The van der Waals surface area contributed by atoms with Crippen molar-refractivity contribution in [3.63, 3.8) is 0 Å². The van der Waals surface area contributed by atoms with Crippen molar-refractivity contribution in [2.45, 2.75) is 46.0 Å². The summed E-state index contributed by atoms with van der Waals surface area (Å²) in [5.74, 6) is 2.90. The van der Waals surface area contributed by atoms with E-state index in [-0.39, 0.29) is 0 Å². The minimum absolute atomic E-state index is 0.845. The van der Waals surface area contributed by atoms with Gasteiger partial charge >= 0.3 is 0 Å². The third kappa shape index (κ3) is 5.26. The highest BCUT2D eigenvalue weighted by atomic mass is 32.1. The Balaban J connectivity index is 2.09. The molecule has 1 fully saturated rings. The van der Waals surface area contributed by atoms with Crippen LogP contribution in [0, 0.1) is 11.8 Å². The summed E-state index contributed by atoms with van der Waals surface area (Å²) in [4.78, 5) is 2.64. The molecule has 0 aliphatic heterocycles. The predicted molar refractivity (Wildman–Crippen MR) is 71.7 cm³/mol.